The third-order valence-corrected chi connectivity index (χ3v) is 4.66. The zero-order valence-electron chi connectivity index (χ0n) is 15.7. The molecule has 2 heterocycles. The summed E-state index contributed by atoms with van der Waals surface area (Å²) in [7, 11) is 0. The first-order chi connectivity index (χ1) is 14.6. The number of hydrogen-bond donors (Lipinski definition) is 3. The Balaban J connectivity index is 1.33. The second-order valence-corrected chi connectivity index (χ2v) is 6.89. The minimum absolute atomic E-state index is 0.111. The Morgan fingerprint density at radius 1 is 1.23 bits per heavy atom. The fourth-order valence-electron chi connectivity index (χ4n) is 2.89. The number of guanidine groups is 1. The Hall–Kier alpha value is -3.59. The van der Waals surface area contributed by atoms with E-state index in [0.29, 0.717) is 41.0 Å². The van der Waals surface area contributed by atoms with E-state index in [2.05, 4.69) is 26.2 Å². The number of fused-ring (bicyclic) bond motifs is 1. The maximum absolute atomic E-state index is 12.3. The molecular formula is C20H18ClN5O4. The van der Waals surface area contributed by atoms with Crippen molar-refractivity contribution in [1.82, 2.24) is 10.7 Å². The van der Waals surface area contributed by atoms with Crippen LogP contribution in [0.3, 0.4) is 0 Å². The lowest BCUT2D eigenvalue weighted by molar-refractivity contribution is -0.123. The van der Waals surface area contributed by atoms with Gasteiger partial charge in [-0.2, -0.15) is 5.10 Å². The van der Waals surface area contributed by atoms with Crippen LogP contribution >= 0.6 is 11.6 Å². The summed E-state index contributed by atoms with van der Waals surface area (Å²) in [5.41, 5.74) is 3.91. The maximum atomic E-state index is 12.3. The van der Waals surface area contributed by atoms with Crippen LogP contribution in [-0.4, -0.2) is 43.2 Å². The van der Waals surface area contributed by atoms with Crippen molar-refractivity contribution in [3.63, 3.8) is 0 Å². The molecule has 0 saturated carbocycles. The molecule has 2 amide bonds. The van der Waals surface area contributed by atoms with Crippen molar-refractivity contribution in [2.45, 2.75) is 12.5 Å². The minimum Gasteiger partial charge on any atom is -0.486 e. The number of rotatable bonds is 5. The highest BCUT2D eigenvalue weighted by Gasteiger charge is 2.28. The zero-order valence-corrected chi connectivity index (χ0v) is 16.5. The van der Waals surface area contributed by atoms with Crippen molar-refractivity contribution >= 4 is 41.3 Å². The minimum atomic E-state index is -0.847. The average molecular weight is 428 g/mol. The first-order valence-electron chi connectivity index (χ1n) is 9.20. The number of hydrogen-bond acceptors (Lipinski definition) is 7. The van der Waals surface area contributed by atoms with E-state index in [1.54, 1.807) is 30.3 Å². The van der Waals surface area contributed by atoms with E-state index in [4.69, 9.17) is 21.1 Å². The number of nitrogens with zero attached hydrogens (tertiary/aromatic N) is 2. The van der Waals surface area contributed by atoms with Crippen molar-refractivity contribution in [3.8, 4) is 11.5 Å². The van der Waals surface area contributed by atoms with Gasteiger partial charge < -0.3 is 14.8 Å². The first kappa shape index (κ1) is 19.7. The van der Waals surface area contributed by atoms with Gasteiger partial charge in [-0.25, -0.2) is 10.4 Å². The molecule has 0 aliphatic carbocycles. The predicted molar refractivity (Wildman–Crippen MR) is 112 cm³/mol. The molecule has 1 atom stereocenters. The van der Waals surface area contributed by atoms with Crippen molar-refractivity contribution < 1.29 is 19.1 Å². The highest BCUT2D eigenvalue weighted by Crippen LogP contribution is 2.32. The highest BCUT2D eigenvalue weighted by atomic mass is 35.5. The third-order valence-electron chi connectivity index (χ3n) is 4.31. The van der Waals surface area contributed by atoms with Gasteiger partial charge in [-0.05, 0) is 18.2 Å². The van der Waals surface area contributed by atoms with Gasteiger partial charge in [0.2, 0.25) is 11.9 Å². The lowest BCUT2D eigenvalue weighted by Gasteiger charge is -2.19. The van der Waals surface area contributed by atoms with Gasteiger partial charge in [0.05, 0.1) is 12.6 Å². The van der Waals surface area contributed by atoms with Gasteiger partial charge in [-0.1, -0.05) is 29.8 Å². The topological polar surface area (TPSA) is 113 Å². The molecule has 3 N–H and O–H groups in total. The summed E-state index contributed by atoms with van der Waals surface area (Å²) in [6, 6.07) is 11.5. The standard InChI is InChI=1S/C20H18ClN5O4/c21-14-4-2-1-3-12(14)11-22-26-20-24-15(19(28)25-20)10-18(27)23-13-5-6-16-17(9-13)30-8-7-29-16/h1-6,9,11,15H,7-8,10H2,(H,23,27)(H2,24,25,26,28)/b22-11-/t15-/m0/s1. The van der Waals surface area contributed by atoms with Crippen molar-refractivity contribution in [3.05, 3.63) is 53.1 Å². The Labute approximate surface area is 177 Å². The molecule has 2 aromatic carbocycles. The Kier molecular flexibility index (Phi) is 5.80. The number of halogens is 1. The molecule has 10 heteroatoms. The molecule has 0 unspecified atom stereocenters. The smallest absolute Gasteiger partial charge is 0.252 e. The average Bonchev–Trinajstić information content (AvgIpc) is 3.08. The van der Waals surface area contributed by atoms with Gasteiger partial charge in [-0.15, -0.1) is 0 Å². The number of amides is 2. The lowest BCUT2D eigenvalue weighted by atomic mass is 10.2. The van der Waals surface area contributed by atoms with E-state index in [-0.39, 0.29) is 24.2 Å². The summed E-state index contributed by atoms with van der Waals surface area (Å²) in [5.74, 6) is 0.630. The third kappa shape index (κ3) is 4.69. The van der Waals surface area contributed by atoms with Gasteiger partial charge in [0.15, 0.2) is 11.5 Å². The fraction of sp³-hybridized carbons (Fsp3) is 0.200. The summed E-state index contributed by atoms with van der Waals surface area (Å²) in [6.07, 6.45) is 1.40. The first-order valence-corrected chi connectivity index (χ1v) is 9.58. The van der Waals surface area contributed by atoms with E-state index >= 15 is 0 Å². The quantitative estimate of drug-likeness (QED) is 0.498. The number of ether oxygens (including phenoxy) is 2. The van der Waals surface area contributed by atoms with Crippen LogP contribution in [0.25, 0.3) is 0 Å². The van der Waals surface area contributed by atoms with Gasteiger partial charge in [0.1, 0.15) is 19.3 Å². The molecular weight excluding hydrogens is 410 g/mol. The molecule has 0 radical (unpaired) electrons. The van der Waals surface area contributed by atoms with Crippen molar-refractivity contribution in [1.29, 1.82) is 0 Å². The van der Waals surface area contributed by atoms with E-state index in [1.165, 1.54) is 6.21 Å². The van der Waals surface area contributed by atoms with Crippen LogP contribution in [0.2, 0.25) is 5.02 Å². The van der Waals surface area contributed by atoms with Crippen LogP contribution in [-0.2, 0) is 9.59 Å². The molecule has 4 rings (SSSR count). The normalized spacial score (nSPS) is 17.4. The summed E-state index contributed by atoms with van der Waals surface area (Å²) in [6.45, 7) is 0.947. The Morgan fingerprint density at radius 3 is 2.87 bits per heavy atom. The Bertz CT molecular complexity index is 1040. The Morgan fingerprint density at radius 2 is 2.03 bits per heavy atom. The second-order valence-electron chi connectivity index (χ2n) is 6.49. The molecule has 0 aromatic heterocycles. The van der Waals surface area contributed by atoms with Gasteiger partial charge in [0.25, 0.3) is 5.91 Å². The largest absolute Gasteiger partial charge is 0.486 e. The maximum Gasteiger partial charge on any atom is 0.252 e. The highest BCUT2D eigenvalue weighted by molar-refractivity contribution is 6.33. The number of benzene rings is 2. The molecule has 0 saturated heterocycles. The fourth-order valence-corrected chi connectivity index (χ4v) is 3.08. The number of nitrogens with one attached hydrogen (secondary N) is 3. The second kappa shape index (κ2) is 8.83. The molecule has 9 nitrogen and oxygen atoms in total. The summed E-state index contributed by atoms with van der Waals surface area (Å²) < 4.78 is 10.9. The number of anilines is 1. The predicted octanol–water partition coefficient (Wildman–Crippen LogP) is 1.92. The zero-order chi connectivity index (χ0) is 20.9. The molecule has 0 spiro atoms. The van der Waals surface area contributed by atoms with E-state index in [1.807, 2.05) is 12.1 Å². The number of carbonyl (C=O) groups excluding carboxylic acids is 2. The number of aliphatic imine (C=N–C) groups is 1. The summed E-state index contributed by atoms with van der Waals surface area (Å²) in [4.78, 5) is 28.6. The van der Waals surface area contributed by atoms with Gasteiger partial charge >= 0.3 is 0 Å². The molecule has 2 aliphatic heterocycles. The van der Waals surface area contributed by atoms with Crippen molar-refractivity contribution in [2.24, 2.45) is 10.1 Å². The van der Waals surface area contributed by atoms with Crippen LogP contribution in [0.1, 0.15) is 12.0 Å². The summed E-state index contributed by atoms with van der Waals surface area (Å²) >= 11 is 6.05. The monoisotopic (exact) mass is 427 g/mol. The molecule has 30 heavy (non-hydrogen) atoms. The van der Waals surface area contributed by atoms with Crippen LogP contribution < -0.4 is 25.5 Å². The lowest BCUT2D eigenvalue weighted by Crippen LogP contribution is -2.35. The molecule has 2 aliphatic rings. The van der Waals surface area contributed by atoms with E-state index in [0.717, 1.165) is 0 Å². The molecule has 0 bridgehead atoms. The molecule has 154 valence electrons. The number of hydrazone groups is 1. The molecule has 2 aromatic rings. The van der Waals surface area contributed by atoms with Crippen molar-refractivity contribution in [2.75, 3.05) is 18.5 Å². The summed E-state index contributed by atoms with van der Waals surface area (Å²) in [5, 5.41) is 9.85. The SMILES string of the molecule is O=C(C[C@@H]1N=C(N/N=C\c2ccccc2Cl)NC1=O)Nc1ccc2c(c1)OCCO2. The van der Waals surface area contributed by atoms with Crippen LogP contribution in [0, 0.1) is 0 Å². The van der Waals surface area contributed by atoms with Gasteiger partial charge in [-0.3, -0.25) is 14.9 Å². The van der Waals surface area contributed by atoms with Crippen LogP contribution in [0.4, 0.5) is 5.69 Å². The van der Waals surface area contributed by atoms with E-state index in [9.17, 15) is 9.59 Å². The van der Waals surface area contributed by atoms with E-state index < -0.39 is 6.04 Å². The van der Waals surface area contributed by atoms with Crippen LogP contribution in [0.5, 0.6) is 11.5 Å². The van der Waals surface area contributed by atoms with Gasteiger partial charge in [0, 0.05) is 22.3 Å². The van der Waals surface area contributed by atoms with Crippen LogP contribution in [0.15, 0.2) is 52.6 Å². The molecule has 0 fully saturated rings. The number of carbonyl (C=O) groups is 2.